The van der Waals surface area contributed by atoms with Crippen LogP contribution in [0.15, 0.2) is 42.5 Å². The highest BCUT2D eigenvalue weighted by Crippen LogP contribution is 2.44. The minimum absolute atomic E-state index is 0.288. The van der Waals surface area contributed by atoms with Gasteiger partial charge in [0, 0.05) is 40.5 Å². The van der Waals surface area contributed by atoms with Crippen molar-refractivity contribution < 1.29 is 23.8 Å². The summed E-state index contributed by atoms with van der Waals surface area (Å²) in [4.78, 5) is 17.6. The monoisotopic (exact) mass is 542 g/mol. The predicted molar refractivity (Wildman–Crippen MR) is 156 cm³/mol. The summed E-state index contributed by atoms with van der Waals surface area (Å²) in [5.41, 5.74) is 5.75. The molecule has 2 aromatic carbocycles. The molecule has 1 unspecified atom stereocenters. The normalized spacial score (nSPS) is 14.4. The standard InChI is InChI=1S/C33H35FN2O4/c1-19-23-13-10-16-39-29(23)26(34)18-24(19)28-25-17-22(15-14-21-11-8-7-9-12-21)36(6)31(25)35-20(2)27(28)30(32(37)38)40-33(3,4)5/h7-9,11-12,14-15,17-18,30H,10,13,16H2,1-6H3,(H,37,38)/b15-14+. The maximum Gasteiger partial charge on any atom is 0.337 e. The lowest BCUT2D eigenvalue weighted by Crippen LogP contribution is -2.28. The molecule has 2 aromatic heterocycles. The molecule has 3 heterocycles. The molecule has 0 bridgehead atoms. The Morgan fingerprint density at radius 1 is 1.18 bits per heavy atom. The Kier molecular flexibility index (Phi) is 7.27. The zero-order valence-electron chi connectivity index (χ0n) is 23.8. The lowest BCUT2D eigenvalue weighted by Gasteiger charge is -2.29. The molecule has 6 nitrogen and oxygen atoms in total. The van der Waals surface area contributed by atoms with Gasteiger partial charge >= 0.3 is 5.97 Å². The van der Waals surface area contributed by atoms with E-state index in [1.807, 2.05) is 87.9 Å². The first-order valence-corrected chi connectivity index (χ1v) is 13.5. The van der Waals surface area contributed by atoms with Crippen LogP contribution in [0.4, 0.5) is 4.39 Å². The summed E-state index contributed by atoms with van der Waals surface area (Å²) in [6.45, 7) is 9.68. The van der Waals surface area contributed by atoms with Gasteiger partial charge in [0.1, 0.15) is 5.65 Å². The maximum absolute atomic E-state index is 15.5. The first-order valence-electron chi connectivity index (χ1n) is 13.5. The number of carboxylic acids is 1. The van der Waals surface area contributed by atoms with Gasteiger partial charge in [0.2, 0.25) is 0 Å². The molecule has 40 heavy (non-hydrogen) atoms. The van der Waals surface area contributed by atoms with Gasteiger partial charge in [0.05, 0.1) is 12.2 Å². The second kappa shape index (κ2) is 10.5. The molecule has 0 radical (unpaired) electrons. The quantitative estimate of drug-likeness (QED) is 0.274. The SMILES string of the molecule is Cc1nc2c(cc(/C=C/c3ccccc3)n2C)c(-c2cc(F)c3c(c2C)CCCO3)c1C(OC(C)(C)C)C(=O)O. The van der Waals surface area contributed by atoms with Crippen molar-refractivity contribution in [3.8, 4) is 16.9 Å². The first-order chi connectivity index (χ1) is 19.0. The van der Waals surface area contributed by atoms with Gasteiger partial charge < -0.3 is 19.1 Å². The number of fused-ring (bicyclic) bond motifs is 2. The molecule has 1 atom stereocenters. The van der Waals surface area contributed by atoms with E-state index in [0.29, 0.717) is 41.1 Å². The summed E-state index contributed by atoms with van der Waals surface area (Å²) in [7, 11) is 1.93. The first kappa shape index (κ1) is 27.6. The van der Waals surface area contributed by atoms with Gasteiger partial charge in [-0.25, -0.2) is 14.2 Å². The summed E-state index contributed by atoms with van der Waals surface area (Å²) < 4.78 is 29.3. The van der Waals surface area contributed by atoms with Crippen molar-refractivity contribution in [3.05, 3.63) is 81.9 Å². The van der Waals surface area contributed by atoms with Crippen LogP contribution in [0.5, 0.6) is 5.75 Å². The maximum atomic E-state index is 15.5. The second-order valence-corrected chi connectivity index (χ2v) is 11.3. The van der Waals surface area contributed by atoms with Crippen molar-refractivity contribution in [1.29, 1.82) is 0 Å². The molecule has 7 heteroatoms. The number of aryl methyl sites for hydroxylation is 2. The van der Waals surface area contributed by atoms with Crippen LogP contribution in [0.25, 0.3) is 34.3 Å². The molecule has 0 fully saturated rings. The van der Waals surface area contributed by atoms with Crippen molar-refractivity contribution in [2.24, 2.45) is 7.05 Å². The third-order valence-electron chi connectivity index (χ3n) is 7.35. The van der Waals surface area contributed by atoms with E-state index in [1.54, 1.807) is 6.92 Å². The van der Waals surface area contributed by atoms with Crippen LogP contribution < -0.4 is 4.74 Å². The molecule has 0 saturated heterocycles. The fourth-order valence-corrected chi connectivity index (χ4v) is 5.50. The molecule has 0 spiro atoms. The Morgan fingerprint density at radius 3 is 2.58 bits per heavy atom. The zero-order valence-corrected chi connectivity index (χ0v) is 23.8. The summed E-state index contributed by atoms with van der Waals surface area (Å²) in [6.07, 6.45) is 4.20. The molecule has 4 aromatic rings. The summed E-state index contributed by atoms with van der Waals surface area (Å²) >= 11 is 0. The van der Waals surface area contributed by atoms with Crippen molar-refractivity contribution >= 4 is 29.2 Å². The lowest BCUT2D eigenvalue weighted by molar-refractivity contribution is -0.160. The molecular formula is C33H35FN2O4. The number of hydrogen-bond acceptors (Lipinski definition) is 4. The summed E-state index contributed by atoms with van der Waals surface area (Å²) in [5, 5.41) is 11.1. The number of rotatable bonds is 6. The van der Waals surface area contributed by atoms with Crippen molar-refractivity contribution in [3.63, 3.8) is 0 Å². The van der Waals surface area contributed by atoms with E-state index in [0.717, 1.165) is 34.2 Å². The highest BCUT2D eigenvalue weighted by atomic mass is 19.1. The number of hydrogen-bond donors (Lipinski definition) is 1. The number of carbonyl (C=O) groups is 1. The Hall–Kier alpha value is -3.97. The Labute approximate surface area is 234 Å². The van der Waals surface area contributed by atoms with E-state index in [-0.39, 0.29) is 5.75 Å². The molecule has 0 amide bonds. The smallest absolute Gasteiger partial charge is 0.337 e. The third kappa shape index (κ3) is 5.13. The van der Waals surface area contributed by atoms with Gasteiger partial charge in [-0.15, -0.1) is 0 Å². The molecule has 5 rings (SSSR count). The molecule has 1 aliphatic heterocycles. The van der Waals surface area contributed by atoms with E-state index >= 15 is 4.39 Å². The van der Waals surface area contributed by atoms with E-state index in [4.69, 9.17) is 14.5 Å². The molecule has 1 aliphatic rings. The predicted octanol–water partition coefficient (Wildman–Crippen LogP) is 7.43. The number of benzene rings is 2. The zero-order chi connectivity index (χ0) is 28.8. The molecule has 0 aliphatic carbocycles. The average Bonchev–Trinajstić information content (AvgIpc) is 3.22. The van der Waals surface area contributed by atoms with Crippen LogP contribution in [0.1, 0.15) is 66.9 Å². The topological polar surface area (TPSA) is 73.6 Å². The van der Waals surface area contributed by atoms with E-state index < -0.39 is 23.5 Å². The van der Waals surface area contributed by atoms with Crippen molar-refractivity contribution in [2.45, 2.75) is 59.2 Å². The van der Waals surface area contributed by atoms with Crippen LogP contribution in [0.3, 0.4) is 0 Å². The van der Waals surface area contributed by atoms with Gasteiger partial charge in [-0.1, -0.05) is 36.4 Å². The van der Waals surface area contributed by atoms with Crippen LogP contribution in [-0.4, -0.2) is 32.8 Å². The Morgan fingerprint density at radius 2 is 1.90 bits per heavy atom. The number of nitrogens with zero attached hydrogens (tertiary/aromatic N) is 2. The average molecular weight is 543 g/mol. The minimum atomic E-state index is -1.30. The number of carboxylic acid groups (broad SMARTS) is 1. The number of halogens is 1. The fourth-order valence-electron chi connectivity index (χ4n) is 5.50. The van der Waals surface area contributed by atoms with E-state index in [2.05, 4.69) is 0 Å². The highest BCUT2D eigenvalue weighted by molar-refractivity contribution is 6.00. The van der Waals surface area contributed by atoms with Crippen LogP contribution >= 0.6 is 0 Å². The highest BCUT2D eigenvalue weighted by Gasteiger charge is 2.34. The van der Waals surface area contributed by atoms with Gasteiger partial charge in [-0.3, -0.25) is 0 Å². The summed E-state index contributed by atoms with van der Waals surface area (Å²) in [5.74, 6) is -1.29. The molecular weight excluding hydrogens is 507 g/mol. The number of ether oxygens (including phenoxy) is 2. The van der Waals surface area contributed by atoms with Crippen molar-refractivity contribution in [2.75, 3.05) is 6.61 Å². The minimum Gasteiger partial charge on any atom is -0.490 e. The second-order valence-electron chi connectivity index (χ2n) is 11.3. The van der Waals surface area contributed by atoms with Gasteiger partial charge in [0.15, 0.2) is 17.7 Å². The van der Waals surface area contributed by atoms with Crippen molar-refractivity contribution in [1.82, 2.24) is 9.55 Å². The van der Waals surface area contributed by atoms with Gasteiger partial charge in [-0.2, -0.15) is 0 Å². The fraction of sp³-hybridized carbons (Fsp3) is 0.333. The van der Waals surface area contributed by atoms with Crippen LogP contribution in [0, 0.1) is 19.7 Å². The third-order valence-corrected chi connectivity index (χ3v) is 7.35. The Balaban J connectivity index is 1.83. The summed E-state index contributed by atoms with van der Waals surface area (Å²) in [6, 6.07) is 13.4. The van der Waals surface area contributed by atoms with Gasteiger partial charge in [0.25, 0.3) is 0 Å². The number of aliphatic carboxylic acids is 1. The Bertz CT molecular complexity index is 1630. The van der Waals surface area contributed by atoms with E-state index in [9.17, 15) is 9.90 Å². The lowest BCUT2D eigenvalue weighted by atomic mass is 9.86. The number of pyridine rings is 1. The molecule has 208 valence electrons. The number of aromatic nitrogens is 2. The van der Waals surface area contributed by atoms with Crippen LogP contribution in [-0.2, 0) is 23.0 Å². The molecule has 0 saturated carbocycles. The van der Waals surface area contributed by atoms with Crippen LogP contribution in [0.2, 0.25) is 0 Å². The van der Waals surface area contributed by atoms with E-state index in [1.165, 1.54) is 6.07 Å². The largest absolute Gasteiger partial charge is 0.490 e. The van der Waals surface area contributed by atoms with Gasteiger partial charge in [-0.05, 0) is 82.4 Å². The molecule has 1 N–H and O–H groups in total.